The molecule has 0 radical (unpaired) electrons. The smallest absolute Gasteiger partial charge is 0.255 e. The number of halogens is 1. The number of fused-ring (bicyclic) bond motifs is 1. The van der Waals surface area contributed by atoms with Gasteiger partial charge in [0.15, 0.2) is 0 Å². The van der Waals surface area contributed by atoms with E-state index in [1.54, 1.807) is 6.07 Å². The number of aromatic hydroxyl groups is 1. The Morgan fingerprint density at radius 3 is 2.83 bits per heavy atom. The summed E-state index contributed by atoms with van der Waals surface area (Å²) in [7, 11) is 0. The van der Waals surface area contributed by atoms with E-state index in [-0.39, 0.29) is 28.8 Å². The molecule has 152 valence electrons. The Bertz CT molecular complexity index is 1030. The Kier molecular flexibility index (Phi) is 4.65. The Labute approximate surface area is 169 Å². The van der Waals surface area contributed by atoms with Crippen molar-refractivity contribution in [2.45, 2.75) is 45.8 Å². The van der Waals surface area contributed by atoms with Gasteiger partial charge in [-0.15, -0.1) is 0 Å². The number of hydrogen-bond acceptors (Lipinski definition) is 5. The number of hydrogen-bond donors (Lipinski definition) is 2. The van der Waals surface area contributed by atoms with Crippen molar-refractivity contribution in [2.75, 3.05) is 13.1 Å². The van der Waals surface area contributed by atoms with Gasteiger partial charge in [-0.2, -0.15) is 0 Å². The summed E-state index contributed by atoms with van der Waals surface area (Å²) in [4.78, 5) is 24.6. The van der Waals surface area contributed by atoms with Gasteiger partial charge in [0, 0.05) is 42.0 Å². The van der Waals surface area contributed by atoms with Crippen molar-refractivity contribution in [1.29, 1.82) is 0 Å². The third-order valence-corrected chi connectivity index (χ3v) is 5.70. The van der Waals surface area contributed by atoms with Gasteiger partial charge >= 0.3 is 0 Å². The van der Waals surface area contributed by atoms with Crippen molar-refractivity contribution in [3.05, 3.63) is 46.9 Å². The molecule has 2 aliphatic rings. The minimum absolute atomic E-state index is 0.0983. The molecule has 2 N–H and O–H groups in total. The number of nitrogens with zero attached hydrogens (tertiary/aromatic N) is 3. The van der Waals surface area contributed by atoms with E-state index in [1.165, 1.54) is 12.1 Å². The summed E-state index contributed by atoms with van der Waals surface area (Å²) >= 11 is 0. The van der Waals surface area contributed by atoms with Gasteiger partial charge in [-0.05, 0) is 45.9 Å². The predicted octanol–water partition coefficient (Wildman–Crippen LogP) is 3.13. The van der Waals surface area contributed by atoms with Crippen LogP contribution in [0, 0.1) is 5.82 Å². The van der Waals surface area contributed by atoms with Gasteiger partial charge in [-0.1, -0.05) is 0 Å². The number of benzene rings is 1. The van der Waals surface area contributed by atoms with Crippen LogP contribution in [0.15, 0.2) is 29.3 Å². The second-order valence-electron chi connectivity index (χ2n) is 8.45. The van der Waals surface area contributed by atoms with Gasteiger partial charge in [0.2, 0.25) is 0 Å². The van der Waals surface area contributed by atoms with Gasteiger partial charge in [-0.3, -0.25) is 9.79 Å². The minimum atomic E-state index is -0.581. The maximum atomic E-state index is 14.5. The first-order valence-electron chi connectivity index (χ1n) is 9.77. The molecule has 29 heavy (non-hydrogen) atoms. The van der Waals surface area contributed by atoms with Crippen molar-refractivity contribution in [2.24, 2.45) is 4.99 Å². The van der Waals surface area contributed by atoms with Crippen LogP contribution in [0.4, 0.5) is 4.39 Å². The molecule has 7 heteroatoms. The molecule has 2 aliphatic heterocycles. The van der Waals surface area contributed by atoms with Gasteiger partial charge in [-0.25, -0.2) is 9.37 Å². The van der Waals surface area contributed by atoms with Crippen LogP contribution >= 0.6 is 0 Å². The van der Waals surface area contributed by atoms with Crippen molar-refractivity contribution in [3.8, 4) is 17.0 Å². The second-order valence-corrected chi connectivity index (χ2v) is 8.45. The fraction of sp³-hybridized carbons (Fsp3) is 0.409. The fourth-order valence-corrected chi connectivity index (χ4v) is 4.02. The highest BCUT2D eigenvalue weighted by Gasteiger charge is 2.38. The van der Waals surface area contributed by atoms with E-state index in [2.05, 4.69) is 22.2 Å². The maximum Gasteiger partial charge on any atom is 0.255 e. The summed E-state index contributed by atoms with van der Waals surface area (Å²) < 4.78 is 14.5. The summed E-state index contributed by atoms with van der Waals surface area (Å²) in [5.74, 6) is -0.832. The van der Waals surface area contributed by atoms with E-state index in [1.807, 2.05) is 25.7 Å². The molecular formula is C22H25FN4O2. The van der Waals surface area contributed by atoms with Crippen LogP contribution in [-0.4, -0.2) is 51.3 Å². The Hall–Kier alpha value is -2.80. The molecule has 0 saturated carbocycles. The molecule has 1 aromatic carbocycles. The van der Waals surface area contributed by atoms with Crippen LogP contribution in [0.2, 0.25) is 0 Å². The average molecular weight is 396 g/mol. The number of nitrogens with one attached hydrogen (secondary N) is 1. The molecule has 1 aromatic heterocycles. The third kappa shape index (κ3) is 3.40. The molecule has 2 aromatic rings. The summed E-state index contributed by atoms with van der Waals surface area (Å²) in [6.45, 7) is 9.64. The molecule has 1 unspecified atom stereocenters. The Morgan fingerprint density at radius 2 is 2.10 bits per heavy atom. The van der Waals surface area contributed by atoms with Crippen LogP contribution in [0.5, 0.6) is 5.75 Å². The lowest BCUT2D eigenvalue weighted by atomic mass is 9.93. The number of carbonyl (C=O) groups is 1. The predicted molar refractivity (Wildman–Crippen MR) is 110 cm³/mol. The molecule has 1 atom stereocenters. The van der Waals surface area contributed by atoms with Crippen molar-refractivity contribution >= 4 is 11.6 Å². The van der Waals surface area contributed by atoms with E-state index in [4.69, 9.17) is 0 Å². The third-order valence-electron chi connectivity index (χ3n) is 5.70. The molecule has 1 saturated heterocycles. The molecule has 0 bridgehead atoms. The Morgan fingerprint density at radius 1 is 1.34 bits per heavy atom. The number of amides is 1. The van der Waals surface area contributed by atoms with Crippen LogP contribution in [0.3, 0.4) is 0 Å². The van der Waals surface area contributed by atoms with E-state index in [0.29, 0.717) is 36.6 Å². The van der Waals surface area contributed by atoms with Crippen molar-refractivity contribution in [3.63, 3.8) is 0 Å². The first kappa shape index (κ1) is 19.5. The largest absolute Gasteiger partial charge is 0.508 e. The van der Waals surface area contributed by atoms with E-state index in [9.17, 15) is 14.3 Å². The van der Waals surface area contributed by atoms with Gasteiger partial charge in [0.05, 0.1) is 29.0 Å². The monoisotopic (exact) mass is 396 g/mol. The van der Waals surface area contributed by atoms with Crippen LogP contribution in [0.25, 0.3) is 11.3 Å². The maximum absolute atomic E-state index is 14.5. The fourth-order valence-electron chi connectivity index (χ4n) is 4.02. The number of carbonyl (C=O) groups excluding carboxylic acids is 1. The molecule has 0 spiro atoms. The number of aromatic nitrogens is 1. The summed E-state index contributed by atoms with van der Waals surface area (Å²) in [5.41, 5.74) is 2.96. The number of aliphatic imine (C=N–C) groups is 1. The van der Waals surface area contributed by atoms with Crippen molar-refractivity contribution < 1.29 is 14.3 Å². The van der Waals surface area contributed by atoms with Crippen molar-refractivity contribution in [1.82, 2.24) is 15.2 Å². The standard InChI is InChI=1S/C22H25FN4O2/c1-12-10-27(22(3,4)11-25-12)21(29)16-8-18(15-6-5-14(28)7-17(15)23)26-19-9-24-13(2)20(16)19/h5-8,12,25,28H,9-11H2,1-4H3. The molecule has 1 amide bonds. The molecule has 6 nitrogen and oxygen atoms in total. The molecule has 0 aliphatic carbocycles. The van der Waals surface area contributed by atoms with Gasteiger partial charge in [0.1, 0.15) is 11.6 Å². The SMILES string of the molecule is CC1=NCc2nc(-c3ccc(O)cc3F)cc(C(=O)N3CC(C)NCC3(C)C)c21. The van der Waals surface area contributed by atoms with Gasteiger partial charge < -0.3 is 15.3 Å². The zero-order chi connectivity index (χ0) is 20.9. The number of piperazine rings is 1. The highest BCUT2D eigenvalue weighted by Crippen LogP contribution is 2.32. The molecule has 4 rings (SSSR count). The normalized spacial score (nSPS) is 20.4. The number of phenolic OH excluding ortho intramolecular Hbond substituents is 1. The summed E-state index contributed by atoms with van der Waals surface area (Å²) in [6.07, 6.45) is 0. The zero-order valence-electron chi connectivity index (χ0n) is 17.1. The lowest BCUT2D eigenvalue weighted by Gasteiger charge is -2.45. The number of pyridine rings is 1. The molecular weight excluding hydrogens is 371 g/mol. The average Bonchev–Trinajstić information content (AvgIpc) is 3.03. The topological polar surface area (TPSA) is 77.8 Å². The van der Waals surface area contributed by atoms with Crippen LogP contribution < -0.4 is 5.32 Å². The minimum Gasteiger partial charge on any atom is -0.508 e. The van der Waals surface area contributed by atoms with Crippen LogP contribution in [-0.2, 0) is 6.54 Å². The second kappa shape index (κ2) is 6.91. The number of rotatable bonds is 2. The highest BCUT2D eigenvalue weighted by atomic mass is 19.1. The lowest BCUT2D eigenvalue weighted by Crippen LogP contribution is -2.63. The Balaban J connectivity index is 1.85. The van der Waals surface area contributed by atoms with Crippen LogP contribution in [0.1, 0.15) is 49.3 Å². The summed E-state index contributed by atoms with van der Waals surface area (Å²) in [6, 6.07) is 5.79. The zero-order valence-corrected chi connectivity index (χ0v) is 17.1. The first-order valence-corrected chi connectivity index (χ1v) is 9.77. The quantitative estimate of drug-likeness (QED) is 0.818. The van der Waals surface area contributed by atoms with Gasteiger partial charge in [0.25, 0.3) is 5.91 Å². The van der Waals surface area contributed by atoms with E-state index >= 15 is 0 Å². The molecule has 1 fully saturated rings. The highest BCUT2D eigenvalue weighted by molar-refractivity contribution is 6.11. The van der Waals surface area contributed by atoms with E-state index in [0.717, 1.165) is 17.3 Å². The number of phenols is 1. The molecule has 3 heterocycles. The lowest BCUT2D eigenvalue weighted by molar-refractivity contribution is 0.0410. The summed E-state index contributed by atoms with van der Waals surface area (Å²) in [5, 5.41) is 12.9. The first-order chi connectivity index (χ1) is 13.7. The van der Waals surface area contributed by atoms with E-state index < -0.39 is 5.82 Å².